The number of nitrogens with one attached hydrogen (secondary N) is 1. The summed E-state index contributed by atoms with van der Waals surface area (Å²) in [6.07, 6.45) is 7.41. The van der Waals surface area contributed by atoms with Crippen molar-refractivity contribution in [2.45, 2.75) is 44.9 Å². The maximum atomic E-state index is 6.27. The van der Waals surface area contributed by atoms with E-state index in [2.05, 4.69) is 25.2 Å². The molecule has 82 valence electrons. The van der Waals surface area contributed by atoms with Gasteiger partial charge in [0.2, 0.25) is 0 Å². The minimum absolute atomic E-state index is 0.406. The molecule has 0 radical (unpaired) electrons. The van der Waals surface area contributed by atoms with Crippen LogP contribution in [0.3, 0.4) is 0 Å². The van der Waals surface area contributed by atoms with E-state index in [-0.39, 0.29) is 0 Å². The molecule has 0 spiro atoms. The van der Waals surface area contributed by atoms with Crippen molar-refractivity contribution in [2.24, 2.45) is 5.92 Å². The van der Waals surface area contributed by atoms with Crippen molar-refractivity contribution < 1.29 is 0 Å². The van der Waals surface area contributed by atoms with Gasteiger partial charge in [0.05, 0.1) is 0 Å². The van der Waals surface area contributed by atoms with E-state index >= 15 is 0 Å². The van der Waals surface area contributed by atoms with Crippen LogP contribution in [-0.4, -0.2) is 18.5 Å². The van der Waals surface area contributed by atoms with Crippen LogP contribution in [-0.2, 0) is 0 Å². The summed E-state index contributed by atoms with van der Waals surface area (Å²) in [5.41, 5.74) is 1.38. The lowest BCUT2D eigenvalue weighted by Crippen LogP contribution is -2.31. The average Bonchev–Trinajstić information content (AvgIpc) is 2.15. The molecule has 0 heterocycles. The highest BCUT2D eigenvalue weighted by Crippen LogP contribution is 2.27. The molecule has 0 aromatic carbocycles. The number of hydrogen-bond acceptors (Lipinski definition) is 1. The molecule has 2 atom stereocenters. The monoisotopic (exact) mass is 215 g/mol. The maximum Gasteiger partial charge on any atom is 0.0376 e. The molecule has 2 unspecified atom stereocenters. The molecule has 1 nitrogen and oxygen atoms in total. The fraction of sp³-hybridized carbons (Fsp3) is 0.833. The van der Waals surface area contributed by atoms with Crippen LogP contribution in [0.5, 0.6) is 0 Å². The highest BCUT2D eigenvalue weighted by atomic mass is 35.5. The van der Waals surface area contributed by atoms with Crippen LogP contribution >= 0.6 is 11.6 Å². The van der Waals surface area contributed by atoms with Crippen LogP contribution < -0.4 is 5.32 Å². The van der Waals surface area contributed by atoms with E-state index in [1.165, 1.54) is 31.3 Å². The normalized spacial score (nSPS) is 27.4. The van der Waals surface area contributed by atoms with Gasteiger partial charge in [0.1, 0.15) is 0 Å². The lowest BCUT2D eigenvalue weighted by atomic mass is 9.89. The molecule has 0 aromatic rings. The minimum atomic E-state index is 0.406. The zero-order valence-electron chi connectivity index (χ0n) is 9.35. The van der Waals surface area contributed by atoms with Crippen LogP contribution in [0.15, 0.2) is 11.6 Å². The van der Waals surface area contributed by atoms with E-state index in [1.807, 2.05) is 0 Å². The van der Waals surface area contributed by atoms with Gasteiger partial charge in [0, 0.05) is 11.9 Å². The van der Waals surface area contributed by atoms with Crippen LogP contribution in [0.4, 0.5) is 0 Å². The summed E-state index contributed by atoms with van der Waals surface area (Å²) < 4.78 is 0. The van der Waals surface area contributed by atoms with Crippen molar-refractivity contribution in [3.05, 3.63) is 11.6 Å². The Labute approximate surface area is 92.9 Å². The molecule has 0 bridgehead atoms. The van der Waals surface area contributed by atoms with Gasteiger partial charge in [-0.3, -0.25) is 0 Å². The Morgan fingerprint density at radius 1 is 1.36 bits per heavy atom. The van der Waals surface area contributed by atoms with Gasteiger partial charge in [-0.15, -0.1) is 11.6 Å². The molecule has 1 saturated carbocycles. The van der Waals surface area contributed by atoms with Crippen molar-refractivity contribution in [1.82, 2.24) is 5.32 Å². The van der Waals surface area contributed by atoms with E-state index in [9.17, 15) is 0 Å². The maximum absolute atomic E-state index is 6.27. The molecule has 1 aliphatic carbocycles. The summed E-state index contributed by atoms with van der Waals surface area (Å²) >= 11 is 6.27. The zero-order valence-corrected chi connectivity index (χ0v) is 10.1. The summed E-state index contributed by atoms with van der Waals surface area (Å²) in [6.45, 7) is 6.33. The predicted molar refractivity (Wildman–Crippen MR) is 63.9 cm³/mol. The molecular formula is C12H22ClN. The van der Waals surface area contributed by atoms with E-state index in [0.29, 0.717) is 11.3 Å². The number of halogens is 1. The molecule has 0 aromatic heterocycles. The number of hydrogen-bond donors (Lipinski definition) is 1. The summed E-state index contributed by atoms with van der Waals surface area (Å²) in [4.78, 5) is 0. The van der Waals surface area contributed by atoms with Crippen molar-refractivity contribution in [1.29, 1.82) is 0 Å². The van der Waals surface area contributed by atoms with Gasteiger partial charge in [0.25, 0.3) is 0 Å². The topological polar surface area (TPSA) is 12.0 Å². The third kappa shape index (κ3) is 4.47. The summed E-state index contributed by atoms with van der Waals surface area (Å²) in [5, 5.41) is 3.86. The molecule has 14 heavy (non-hydrogen) atoms. The third-order valence-corrected chi connectivity index (χ3v) is 3.45. The highest BCUT2D eigenvalue weighted by Gasteiger charge is 2.22. The van der Waals surface area contributed by atoms with Gasteiger partial charge in [-0.2, -0.15) is 0 Å². The fourth-order valence-corrected chi connectivity index (χ4v) is 2.31. The lowest BCUT2D eigenvalue weighted by molar-refractivity contribution is 0.353. The van der Waals surface area contributed by atoms with Crippen LogP contribution in [0.2, 0.25) is 0 Å². The standard InChI is InChI=1S/C12H22ClN/c1-10(2)7-8-14-9-11-5-3-4-6-12(11)13/h7,11-12,14H,3-6,8-9H2,1-2H3. The van der Waals surface area contributed by atoms with Crippen LogP contribution in [0.1, 0.15) is 39.5 Å². The largest absolute Gasteiger partial charge is 0.313 e. The molecule has 0 saturated heterocycles. The van der Waals surface area contributed by atoms with Gasteiger partial charge in [-0.25, -0.2) is 0 Å². The lowest BCUT2D eigenvalue weighted by Gasteiger charge is -2.27. The first kappa shape index (κ1) is 12.1. The number of alkyl halides is 1. The molecule has 0 amide bonds. The summed E-state index contributed by atoms with van der Waals surface area (Å²) in [7, 11) is 0. The Hall–Kier alpha value is -0.0100. The Morgan fingerprint density at radius 3 is 2.71 bits per heavy atom. The fourth-order valence-electron chi connectivity index (χ4n) is 1.94. The Morgan fingerprint density at radius 2 is 2.07 bits per heavy atom. The van der Waals surface area contributed by atoms with Crippen LogP contribution in [0.25, 0.3) is 0 Å². The third-order valence-electron chi connectivity index (χ3n) is 2.88. The first-order valence-corrected chi connectivity index (χ1v) is 6.12. The smallest absolute Gasteiger partial charge is 0.0376 e. The second-order valence-corrected chi connectivity index (χ2v) is 5.06. The predicted octanol–water partition coefficient (Wildman–Crippen LogP) is 3.34. The Bertz CT molecular complexity index is 185. The number of rotatable bonds is 4. The molecule has 1 N–H and O–H groups in total. The van der Waals surface area contributed by atoms with Crippen molar-refractivity contribution in [2.75, 3.05) is 13.1 Å². The summed E-state index contributed by atoms with van der Waals surface area (Å²) in [6, 6.07) is 0. The minimum Gasteiger partial charge on any atom is -0.313 e. The molecule has 2 heteroatoms. The van der Waals surface area contributed by atoms with Crippen LogP contribution in [0, 0.1) is 5.92 Å². The first-order valence-electron chi connectivity index (χ1n) is 5.68. The zero-order chi connectivity index (χ0) is 10.4. The van der Waals surface area contributed by atoms with Gasteiger partial charge >= 0.3 is 0 Å². The molecule has 0 aliphatic heterocycles. The second-order valence-electron chi connectivity index (χ2n) is 4.50. The van der Waals surface area contributed by atoms with Crippen molar-refractivity contribution in [3.63, 3.8) is 0 Å². The highest BCUT2D eigenvalue weighted by molar-refractivity contribution is 6.20. The van der Waals surface area contributed by atoms with Crippen molar-refractivity contribution >= 4 is 11.6 Å². The number of allylic oxidation sites excluding steroid dienone is 1. The van der Waals surface area contributed by atoms with Crippen molar-refractivity contribution in [3.8, 4) is 0 Å². The van der Waals surface area contributed by atoms with Gasteiger partial charge in [-0.1, -0.05) is 24.5 Å². The quantitative estimate of drug-likeness (QED) is 0.431. The molecule has 1 aliphatic rings. The van der Waals surface area contributed by atoms with E-state index in [4.69, 9.17) is 11.6 Å². The van der Waals surface area contributed by atoms with E-state index < -0.39 is 0 Å². The van der Waals surface area contributed by atoms with E-state index in [1.54, 1.807) is 0 Å². The molecular weight excluding hydrogens is 194 g/mol. The summed E-state index contributed by atoms with van der Waals surface area (Å²) in [5.74, 6) is 0.691. The van der Waals surface area contributed by atoms with E-state index in [0.717, 1.165) is 13.1 Å². The van der Waals surface area contributed by atoms with Gasteiger partial charge in [0.15, 0.2) is 0 Å². The van der Waals surface area contributed by atoms with Gasteiger partial charge in [-0.05, 0) is 39.2 Å². The molecule has 1 fully saturated rings. The molecule has 1 rings (SSSR count). The Kier molecular flexibility index (Phi) is 5.57. The van der Waals surface area contributed by atoms with Gasteiger partial charge < -0.3 is 5.32 Å². The average molecular weight is 216 g/mol. The second kappa shape index (κ2) is 6.47. The SMILES string of the molecule is CC(C)=CCNCC1CCCCC1Cl. The first-order chi connectivity index (χ1) is 6.70. The Balaban J connectivity index is 2.13.